The molecule has 2 rings (SSSR count). The fourth-order valence-electron chi connectivity index (χ4n) is 4.76. The summed E-state index contributed by atoms with van der Waals surface area (Å²) in [7, 11) is -6.48. The monoisotopic (exact) mass is 438 g/mol. The molecule has 2 aliphatic rings. The first kappa shape index (κ1) is 23.3. The summed E-state index contributed by atoms with van der Waals surface area (Å²) in [4.78, 5) is 12.6. The van der Waals surface area contributed by atoms with Crippen LogP contribution < -0.4 is 0 Å². The van der Waals surface area contributed by atoms with E-state index in [1.807, 2.05) is 0 Å². The highest BCUT2D eigenvalue weighted by molar-refractivity contribution is 7.86. The largest absolute Gasteiger partial charge is 0.444 e. The number of carbonyl (C=O) groups is 1. The quantitative estimate of drug-likeness (QED) is 0.388. The molecule has 28 heavy (non-hydrogen) atoms. The standard InChI is InChI=1S/C16H23F5O6S/c1-3-14(7-9-4-10(8-14)6-13(2,23)5-9)12(22)27-11(15(17,18)19)16(20,21)28(24,25)26/h9-11,23H,3-8H2,1-2H3,(H,24,25,26). The van der Waals surface area contributed by atoms with Crippen molar-refractivity contribution in [2.24, 2.45) is 17.3 Å². The van der Waals surface area contributed by atoms with Crippen molar-refractivity contribution in [3.8, 4) is 0 Å². The van der Waals surface area contributed by atoms with E-state index in [-0.39, 0.29) is 31.1 Å². The molecule has 2 bridgehead atoms. The van der Waals surface area contributed by atoms with Crippen LogP contribution in [0.1, 0.15) is 52.4 Å². The summed E-state index contributed by atoms with van der Waals surface area (Å²) >= 11 is 0. The summed E-state index contributed by atoms with van der Waals surface area (Å²) < 4.78 is 101. The van der Waals surface area contributed by atoms with Gasteiger partial charge >= 0.3 is 27.5 Å². The van der Waals surface area contributed by atoms with Crippen molar-refractivity contribution in [2.75, 3.05) is 0 Å². The van der Waals surface area contributed by atoms with Crippen LogP contribution in [-0.2, 0) is 19.6 Å². The summed E-state index contributed by atoms with van der Waals surface area (Å²) in [6.45, 7) is 3.12. The van der Waals surface area contributed by atoms with Crippen LogP contribution in [0.25, 0.3) is 0 Å². The molecule has 0 aromatic rings. The highest BCUT2D eigenvalue weighted by Crippen LogP contribution is 2.54. The maximum absolute atomic E-state index is 13.7. The maximum Gasteiger partial charge on any atom is 0.432 e. The van der Waals surface area contributed by atoms with Crippen molar-refractivity contribution >= 4 is 16.1 Å². The smallest absolute Gasteiger partial charge is 0.432 e. The van der Waals surface area contributed by atoms with E-state index < -0.39 is 44.6 Å². The Hall–Kier alpha value is -1.01. The molecule has 0 spiro atoms. The Morgan fingerprint density at radius 1 is 1.14 bits per heavy atom. The number of aliphatic hydroxyl groups is 1. The van der Waals surface area contributed by atoms with Gasteiger partial charge in [0.15, 0.2) is 0 Å². The van der Waals surface area contributed by atoms with Crippen LogP contribution in [0.2, 0.25) is 0 Å². The van der Waals surface area contributed by atoms with Crippen molar-refractivity contribution in [3.63, 3.8) is 0 Å². The Kier molecular flexibility index (Phi) is 5.86. The fraction of sp³-hybridized carbons (Fsp3) is 0.938. The van der Waals surface area contributed by atoms with Gasteiger partial charge in [0.2, 0.25) is 0 Å². The minimum absolute atomic E-state index is 0.00298. The van der Waals surface area contributed by atoms with E-state index in [1.54, 1.807) is 6.92 Å². The minimum atomic E-state index is -6.48. The summed E-state index contributed by atoms with van der Waals surface area (Å²) in [6, 6.07) is 0. The molecule has 2 fully saturated rings. The Morgan fingerprint density at radius 3 is 1.96 bits per heavy atom. The number of ether oxygens (including phenoxy) is 1. The van der Waals surface area contributed by atoms with Gasteiger partial charge in [0.1, 0.15) is 0 Å². The number of fused-ring (bicyclic) bond motifs is 2. The second kappa shape index (κ2) is 7.05. The zero-order valence-corrected chi connectivity index (χ0v) is 16.1. The predicted octanol–water partition coefficient (Wildman–Crippen LogP) is 3.30. The highest BCUT2D eigenvalue weighted by atomic mass is 32.2. The first-order valence-corrected chi connectivity index (χ1v) is 10.2. The molecule has 2 aliphatic carbocycles. The molecule has 2 N–H and O–H groups in total. The van der Waals surface area contributed by atoms with Crippen LogP contribution in [0, 0.1) is 17.3 Å². The van der Waals surface area contributed by atoms with E-state index in [1.165, 1.54) is 6.92 Å². The average molecular weight is 438 g/mol. The number of halogens is 5. The van der Waals surface area contributed by atoms with Gasteiger partial charge in [0.05, 0.1) is 11.0 Å². The lowest BCUT2D eigenvalue weighted by atomic mass is 9.57. The summed E-state index contributed by atoms with van der Waals surface area (Å²) in [5.41, 5.74) is -2.48. The Balaban J connectivity index is 2.32. The molecule has 3 unspecified atom stereocenters. The van der Waals surface area contributed by atoms with Crippen LogP contribution in [0.15, 0.2) is 0 Å². The van der Waals surface area contributed by atoms with Crippen LogP contribution >= 0.6 is 0 Å². The molecule has 0 aromatic carbocycles. The van der Waals surface area contributed by atoms with Crippen molar-refractivity contribution in [3.05, 3.63) is 0 Å². The molecule has 0 saturated heterocycles. The number of hydrogen-bond donors (Lipinski definition) is 2. The van der Waals surface area contributed by atoms with Gasteiger partial charge in [-0.05, 0) is 57.3 Å². The van der Waals surface area contributed by atoms with E-state index in [9.17, 15) is 40.3 Å². The van der Waals surface area contributed by atoms with E-state index >= 15 is 0 Å². The summed E-state index contributed by atoms with van der Waals surface area (Å²) in [5.74, 6) is -1.99. The Bertz CT molecular complexity index is 702. The number of carbonyl (C=O) groups excluding carboxylic acids is 1. The normalized spacial score (nSPS) is 35.3. The number of esters is 1. The van der Waals surface area contributed by atoms with Gasteiger partial charge in [-0.25, -0.2) is 0 Å². The molecule has 3 atom stereocenters. The molecule has 0 aliphatic heterocycles. The SMILES string of the molecule is CCC1(C(=O)OC(C(F)(F)F)C(F)(F)S(=O)(=O)O)CC2CC(CC(C)(O)C2)C1. The number of hydrogen-bond acceptors (Lipinski definition) is 5. The van der Waals surface area contributed by atoms with Crippen molar-refractivity contribution < 1.29 is 49.6 Å². The summed E-state index contributed by atoms with van der Waals surface area (Å²) in [6.07, 6.45) is -8.90. The Labute approximate surface area is 159 Å². The molecule has 0 aromatic heterocycles. The van der Waals surface area contributed by atoms with Crippen molar-refractivity contribution in [1.82, 2.24) is 0 Å². The molecular weight excluding hydrogens is 415 g/mol. The van der Waals surface area contributed by atoms with Crippen LogP contribution in [0.5, 0.6) is 0 Å². The third-order valence-electron chi connectivity index (χ3n) is 5.76. The lowest BCUT2D eigenvalue weighted by molar-refractivity contribution is -0.264. The molecule has 0 amide bonds. The third kappa shape index (κ3) is 4.43. The molecule has 2 saturated carbocycles. The van der Waals surface area contributed by atoms with E-state index in [2.05, 4.69) is 4.74 Å². The lowest BCUT2D eigenvalue weighted by Crippen LogP contribution is -2.55. The van der Waals surface area contributed by atoms with E-state index in [0.29, 0.717) is 19.3 Å². The molecule has 0 heterocycles. The molecule has 6 nitrogen and oxygen atoms in total. The summed E-state index contributed by atoms with van der Waals surface area (Å²) in [5, 5.41) is 4.51. The molecule has 12 heteroatoms. The van der Waals surface area contributed by atoms with Crippen molar-refractivity contribution in [1.29, 1.82) is 0 Å². The van der Waals surface area contributed by atoms with Gasteiger partial charge in [0.25, 0.3) is 6.10 Å². The van der Waals surface area contributed by atoms with Gasteiger partial charge < -0.3 is 9.84 Å². The van der Waals surface area contributed by atoms with Gasteiger partial charge in [0, 0.05) is 0 Å². The number of alkyl halides is 5. The maximum atomic E-state index is 13.7. The molecular formula is C16H23F5O6S. The first-order valence-electron chi connectivity index (χ1n) is 8.78. The zero-order valence-electron chi connectivity index (χ0n) is 15.3. The molecule has 164 valence electrons. The van der Waals surface area contributed by atoms with Gasteiger partial charge in [-0.1, -0.05) is 6.92 Å². The average Bonchev–Trinajstić information content (AvgIpc) is 2.47. The second-order valence-corrected chi connectivity index (χ2v) is 9.77. The van der Waals surface area contributed by atoms with Gasteiger partial charge in [-0.15, -0.1) is 0 Å². The van der Waals surface area contributed by atoms with E-state index in [0.717, 1.165) is 0 Å². The van der Waals surface area contributed by atoms with Gasteiger partial charge in [-0.3, -0.25) is 9.35 Å². The number of rotatable bonds is 5. The Morgan fingerprint density at radius 2 is 1.61 bits per heavy atom. The van der Waals surface area contributed by atoms with Crippen LogP contribution in [-0.4, -0.2) is 47.2 Å². The van der Waals surface area contributed by atoms with E-state index in [4.69, 9.17) is 4.55 Å². The van der Waals surface area contributed by atoms with Crippen LogP contribution in [0.4, 0.5) is 22.0 Å². The highest BCUT2D eigenvalue weighted by Gasteiger charge is 2.67. The topological polar surface area (TPSA) is 101 Å². The predicted molar refractivity (Wildman–Crippen MR) is 85.8 cm³/mol. The minimum Gasteiger partial charge on any atom is -0.444 e. The third-order valence-corrected chi connectivity index (χ3v) is 6.67. The second-order valence-electron chi connectivity index (χ2n) is 8.28. The van der Waals surface area contributed by atoms with Gasteiger partial charge in [-0.2, -0.15) is 30.4 Å². The molecule has 0 radical (unpaired) electrons. The van der Waals surface area contributed by atoms with Crippen molar-refractivity contribution in [2.45, 2.75) is 75.5 Å². The lowest BCUT2D eigenvalue weighted by Gasteiger charge is -2.49. The van der Waals surface area contributed by atoms with Crippen LogP contribution in [0.3, 0.4) is 0 Å². The zero-order chi connectivity index (χ0) is 21.8. The first-order chi connectivity index (χ1) is 12.4. The fourth-order valence-corrected chi connectivity index (χ4v) is 5.21.